The molecule has 0 aliphatic heterocycles. The molecule has 0 radical (unpaired) electrons. The summed E-state index contributed by atoms with van der Waals surface area (Å²) >= 11 is 0. The zero-order valence-corrected chi connectivity index (χ0v) is 9.11. The van der Waals surface area contributed by atoms with Crippen LogP contribution in [0.15, 0.2) is 22.6 Å². The average molecular weight is 220 g/mol. The zero-order chi connectivity index (χ0) is 11.7. The number of furan rings is 1. The minimum absolute atomic E-state index is 0.144. The van der Waals surface area contributed by atoms with Crippen molar-refractivity contribution in [2.24, 2.45) is 0 Å². The normalized spacial score (nSPS) is 10.6. The van der Waals surface area contributed by atoms with E-state index in [-0.39, 0.29) is 18.1 Å². The lowest BCUT2D eigenvalue weighted by Crippen LogP contribution is -2.04. The molecule has 0 bridgehead atoms. The number of aryl methyl sites for hydroxylation is 1. The minimum Gasteiger partial charge on any atom is -0.508 e. The molecule has 16 heavy (non-hydrogen) atoms. The number of hydrogen-bond acceptors (Lipinski definition) is 4. The first-order valence-electron chi connectivity index (χ1n) is 4.89. The molecule has 0 aliphatic carbocycles. The Balaban J connectivity index is 2.52. The second-order valence-electron chi connectivity index (χ2n) is 3.57. The maximum Gasteiger partial charge on any atom is 0.310 e. The number of carbonyl (C=O) groups is 1. The van der Waals surface area contributed by atoms with Crippen LogP contribution < -0.4 is 0 Å². The van der Waals surface area contributed by atoms with Crippen molar-refractivity contribution in [3.8, 4) is 5.75 Å². The summed E-state index contributed by atoms with van der Waals surface area (Å²) in [6.07, 6.45) is 0.181. The second kappa shape index (κ2) is 3.89. The highest BCUT2D eigenvalue weighted by molar-refractivity contribution is 5.87. The van der Waals surface area contributed by atoms with Crippen molar-refractivity contribution < 1.29 is 19.1 Å². The van der Waals surface area contributed by atoms with Gasteiger partial charge < -0.3 is 14.3 Å². The number of carbonyl (C=O) groups excluding carboxylic acids is 1. The van der Waals surface area contributed by atoms with Crippen LogP contribution >= 0.6 is 0 Å². The third-order valence-electron chi connectivity index (χ3n) is 2.53. The average Bonchev–Trinajstić information content (AvgIpc) is 2.54. The predicted molar refractivity (Wildman–Crippen MR) is 58.3 cm³/mol. The summed E-state index contributed by atoms with van der Waals surface area (Å²) in [6.45, 7) is 1.79. The van der Waals surface area contributed by atoms with Gasteiger partial charge in [-0.1, -0.05) is 0 Å². The molecule has 84 valence electrons. The molecule has 4 nitrogen and oxygen atoms in total. The number of aromatic hydroxyl groups is 1. The van der Waals surface area contributed by atoms with Crippen molar-refractivity contribution in [1.29, 1.82) is 0 Å². The Kier molecular flexibility index (Phi) is 2.56. The van der Waals surface area contributed by atoms with Gasteiger partial charge in [0.15, 0.2) is 0 Å². The van der Waals surface area contributed by atoms with Crippen molar-refractivity contribution in [3.05, 3.63) is 29.5 Å². The van der Waals surface area contributed by atoms with Crippen LogP contribution in [0.2, 0.25) is 0 Å². The van der Waals surface area contributed by atoms with Gasteiger partial charge in [0.1, 0.15) is 17.1 Å². The number of hydrogen-bond donors (Lipinski definition) is 1. The monoisotopic (exact) mass is 220 g/mol. The summed E-state index contributed by atoms with van der Waals surface area (Å²) in [4.78, 5) is 11.2. The largest absolute Gasteiger partial charge is 0.508 e. The second-order valence-corrected chi connectivity index (χ2v) is 3.57. The van der Waals surface area contributed by atoms with Crippen LogP contribution in [-0.2, 0) is 16.0 Å². The number of fused-ring (bicyclic) bond motifs is 1. The van der Waals surface area contributed by atoms with Gasteiger partial charge in [0.05, 0.1) is 13.5 Å². The third-order valence-corrected chi connectivity index (χ3v) is 2.53. The lowest BCUT2D eigenvalue weighted by atomic mass is 10.1. The van der Waals surface area contributed by atoms with Gasteiger partial charge in [0.25, 0.3) is 0 Å². The topological polar surface area (TPSA) is 59.7 Å². The Bertz CT molecular complexity index is 539. The summed E-state index contributed by atoms with van der Waals surface area (Å²) in [5.41, 5.74) is 1.39. The standard InChI is InChI=1S/C12H12O4/c1-7-10(6-12(14)15-2)9-4-3-8(13)5-11(9)16-7/h3-5,13H,6H2,1-2H3. The van der Waals surface area contributed by atoms with Crippen LogP contribution in [-0.4, -0.2) is 18.2 Å². The first-order chi connectivity index (χ1) is 7.61. The van der Waals surface area contributed by atoms with Gasteiger partial charge >= 0.3 is 5.97 Å². The van der Waals surface area contributed by atoms with Gasteiger partial charge in [-0.2, -0.15) is 0 Å². The van der Waals surface area contributed by atoms with Crippen LogP contribution in [0.5, 0.6) is 5.75 Å². The number of benzene rings is 1. The predicted octanol–water partition coefficient (Wildman–Crippen LogP) is 2.16. The van der Waals surface area contributed by atoms with E-state index in [1.54, 1.807) is 19.1 Å². The van der Waals surface area contributed by atoms with Gasteiger partial charge in [0.2, 0.25) is 0 Å². The molecule has 0 saturated heterocycles. The molecule has 1 aromatic carbocycles. The van der Waals surface area contributed by atoms with Gasteiger partial charge in [-0.15, -0.1) is 0 Å². The summed E-state index contributed by atoms with van der Waals surface area (Å²) in [5, 5.41) is 10.1. The number of ether oxygens (including phenoxy) is 1. The molecule has 1 heterocycles. The van der Waals surface area contributed by atoms with Gasteiger partial charge in [0, 0.05) is 17.0 Å². The molecule has 0 atom stereocenters. The fourth-order valence-electron chi connectivity index (χ4n) is 1.70. The van der Waals surface area contributed by atoms with Gasteiger partial charge in [-0.25, -0.2) is 0 Å². The van der Waals surface area contributed by atoms with E-state index in [1.165, 1.54) is 13.2 Å². The van der Waals surface area contributed by atoms with Crippen LogP contribution in [0.1, 0.15) is 11.3 Å². The molecule has 2 aromatic rings. The molecular weight excluding hydrogens is 208 g/mol. The van der Waals surface area contributed by atoms with E-state index in [4.69, 9.17) is 4.42 Å². The van der Waals surface area contributed by atoms with E-state index in [9.17, 15) is 9.90 Å². The van der Waals surface area contributed by atoms with Crippen molar-refractivity contribution in [2.75, 3.05) is 7.11 Å². The van der Waals surface area contributed by atoms with E-state index >= 15 is 0 Å². The SMILES string of the molecule is COC(=O)Cc1c(C)oc2cc(O)ccc12. The smallest absolute Gasteiger partial charge is 0.310 e. The number of esters is 1. The highest BCUT2D eigenvalue weighted by atomic mass is 16.5. The minimum atomic E-state index is -0.307. The lowest BCUT2D eigenvalue weighted by Gasteiger charge is -1.98. The molecule has 0 saturated carbocycles. The summed E-state index contributed by atoms with van der Waals surface area (Å²) in [5.74, 6) is 0.510. The van der Waals surface area contributed by atoms with Crippen molar-refractivity contribution in [2.45, 2.75) is 13.3 Å². The molecule has 2 rings (SSSR count). The maximum absolute atomic E-state index is 11.2. The summed E-state index contributed by atoms with van der Waals surface area (Å²) in [7, 11) is 1.35. The molecular formula is C12H12O4. The van der Waals surface area contributed by atoms with Crippen LogP contribution in [0, 0.1) is 6.92 Å². The number of phenolic OH excluding ortho intramolecular Hbond substituents is 1. The Labute approximate surface area is 92.4 Å². The number of methoxy groups -OCH3 is 1. The summed E-state index contributed by atoms with van der Waals surface area (Å²) < 4.78 is 10.1. The van der Waals surface area contributed by atoms with Crippen LogP contribution in [0.4, 0.5) is 0 Å². The molecule has 0 aliphatic rings. The molecule has 1 aromatic heterocycles. The number of rotatable bonds is 2. The fourth-order valence-corrected chi connectivity index (χ4v) is 1.70. The van der Waals surface area contributed by atoms with Gasteiger partial charge in [-0.3, -0.25) is 4.79 Å². The maximum atomic E-state index is 11.2. The first-order valence-corrected chi connectivity index (χ1v) is 4.89. The Morgan fingerprint density at radius 2 is 2.25 bits per heavy atom. The van der Waals surface area contributed by atoms with Crippen molar-refractivity contribution in [3.63, 3.8) is 0 Å². The quantitative estimate of drug-likeness (QED) is 0.788. The highest BCUT2D eigenvalue weighted by Crippen LogP contribution is 2.28. The van der Waals surface area contributed by atoms with E-state index in [0.717, 1.165) is 10.9 Å². The molecule has 0 amide bonds. The molecule has 0 unspecified atom stereocenters. The molecule has 0 fully saturated rings. The Morgan fingerprint density at radius 1 is 1.50 bits per heavy atom. The first kappa shape index (κ1) is 10.5. The molecule has 1 N–H and O–H groups in total. The Hall–Kier alpha value is -1.97. The van der Waals surface area contributed by atoms with Crippen molar-refractivity contribution >= 4 is 16.9 Å². The van der Waals surface area contributed by atoms with E-state index in [0.29, 0.717) is 11.3 Å². The van der Waals surface area contributed by atoms with E-state index < -0.39 is 0 Å². The lowest BCUT2D eigenvalue weighted by molar-refractivity contribution is -0.139. The highest BCUT2D eigenvalue weighted by Gasteiger charge is 2.14. The van der Waals surface area contributed by atoms with Crippen LogP contribution in [0.25, 0.3) is 11.0 Å². The van der Waals surface area contributed by atoms with Gasteiger partial charge in [-0.05, 0) is 19.1 Å². The summed E-state index contributed by atoms with van der Waals surface area (Å²) in [6, 6.07) is 4.83. The zero-order valence-electron chi connectivity index (χ0n) is 9.11. The van der Waals surface area contributed by atoms with Crippen molar-refractivity contribution in [1.82, 2.24) is 0 Å². The van der Waals surface area contributed by atoms with E-state index in [2.05, 4.69) is 4.74 Å². The third kappa shape index (κ3) is 1.74. The van der Waals surface area contributed by atoms with E-state index in [1.807, 2.05) is 0 Å². The molecule has 4 heteroatoms. The fraction of sp³-hybridized carbons (Fsp3) is 0.250. The Morgan fingerprint density at radius 3 is 2.94 bits per heavy atom. The number of phenols is 1. The van der Waals surface area contributed by atoms with Crippen LogP contribution in [0.3, 0.4) is 0 Å². The molecule has 0 spiro atoms.